The molecule has 0 saturated carbocycles. The van der Waals surface area contributed by atoms with Crippen molar-refractivity contribution in [2.75, 3.05) is 44.6 Å². The van der Waals surface area contributed by atoms with E-state index in [1.807, 2.05) is 26.0 Å². The van der Waals surface area contributed by atoms with Crippen molar-refractivity contribution in [3.05, 3.63) is 63.7 Å². The fourth-order valence-corrected chi connectivity index (χ4v) is 4.99. The SMILES string of the molecule is Cc1ccc(C)c(C(=O)N2CC3CN(CCCNc4ccc(C)c(Cl)c4)CC3C2)c1. The molecule has 160 valence electrons. The molecule has 2 aromatic rings. The second-order valence-electron chi connectivity index (χ2n) is 9.05. The Balaban J connectivity index is 1.22. The zero-order valence-corrected chi connectivity index (χ0v) is 19.0. The second kappa shape index (κ2) is 8.99. The molecule has 2 aliphatic rings. The van der Waals surface area contributed by atoms with Gasteiger partial charge in [0, 0.05) is 49.0 Å². The van der Waals surface area contributed by atoms with Gasteiger partial charge in [-0.1, -0.05) is 35.4 Å². The Morgan fingerprint density at radius 1 is 1.00 bits per heavy atom. The molecule has 2 saturated heterocycles. The van der Waals surface area contributed by atoms with Crippen LogP contribution in [0.5, 0.6) is 0 Å². The number of benzene rings is 2. The molecular formula is C25H32ClN3O. The highest BCUT2D eigenvalue weighted by molar-refractivity contribution is 6.31. The molecule has 2 aliphatic heterocycles. The first-order valence-corrected chi connectivity index (χ1v) is 11.4. The van der Waals surface area contributed by atoms with E-state index in [1.54, 1.807) is 0 Å². The minimum atomic E-state index is 0.207. The third-order valence-corrected chi connectivity index (χ3v) is 7.03. The topological polar surface area (TPSA) is 35.6 Å². The lowest BCUT2D eigenvalue weighted by atomic mass is 10.0. The number of halogens is 1. The molecule has 5 heteroatoms. The van der Waals surface area contributed by atoms with Crippen LogP contribution in [0.1, 0.15) is 33.5 Å². The van der Waals surface area contributed by atoms with Crippen LogP contribution < -0.4 is 5.32 Å². The summed E-state index contributed by atoms with van der Waals surface area (Å²) in [5.74, 6) is 1.43. The summed E-state index contributed by atoms with van der Waals surface area (Å²) in [4.78, 5) is 17.7. The zero-order chi connectivity index (χ0) is 21.3. The number of nitrogens with zero attached hydrogens (tertiary/aromatic N) is 2. The van der Waals surface area contributed by atoms with Crippen molar-refractivity contribution in [2.24, 2.45) is 11.8 Å². The largest absolute Gasteiger partial charge is 0.385 e. The van der Waals surface area contributed by atoms with Gasteiger partial charge in [-0.05, 0) is 74.9 Å². The molecule has 1 N–H and O–H groups in total. The molecule has 1 amide bonds. The van der Waals surface area contributed by atoms with Crippen LogP contribution in [0.25, 0.3) is 0 Å². The van der Waals surface area contributed by atoms with Gasteiger partial charge in [0.25, 0.3) is 5.91 Å². The molecule has 0 spiro atoms. The summed E-state index contributed by atoms with van der Waals surface area (Å²) in [6, 6.07) is 12.3. The van der Waals surface area contributed by atoms with Gasteiger partial charge in [0.1, 0.15) is 0 Å². The average molecular weight is 426 g/mol. The number of amides is 1. The van der Waals surface area contributed by atoms with Gasteiger partial charge in [0.2, 0.25) is 0 Å². The molecule has 0 aromatic heterocycles. The predicted molar refractivity (Wildman–Crippen MR) is 125 cm³/mol. The molecular weight excluding hydrogens is 394 g/mol. The number of rotatable bonds is 6. The molecule has 0 bridgehead atoms. The first kappa shape index (κ1) is 21.2. The molecule has 0 radical (unpaired) electrons. The van der Waals surface area contributed by atoms with Crippen LogP contribution in [-0.4, -0.2) is 55.0 Å². The number of nitrogens with one attached hydrogen (secondary N) is 1. The van der Waals surface area contributed by atoms with Gasteiger partial charge < -0.3 is 15.1 Å². The van der Waals surface area contributed by atoms with Gasteiger partial charge in [0.15, 0.2) is 0 Å². The third kappa shape index (κ3) is 4.65. The van der Waals surface area contributed by atoms with Gasteiger partial charge in [0.05, 0.1) is 0 Å². The summed E-state index contributed by atoms with van der Waals surface area (Å²) in [5, 5.41) is 4.29. The van der Waals surface area contributed by atoms with E-state index < -0.39 is 0 Å². The maximum atomic E-state index is 13.0. The van der Waals surface area contributed by atoms with E-state index in [-0.39, 0.29) is 5.91 Å². The van der Waals surface area contributed by atoms with Crippen molar-refractivity contribution >= 4 is 23.2 Å². The van der Waals surface area contributed by atoms with Gasteiger partial charge in [-0.2, -0.15) is 0 Å². The summed E-state index contributed by atoms with van der Waals surface area (Å²) < 4.78 is 0. The average Bonchev–Trinajstić information content (AvgIpc) is 3.28. The fourth-order valence-electron chi connectivity index (χ4n) is 4.81. The quantitative estimate of drug-likeness (QED) is 0.677. The number of likely N-dealkylation sites (tertiary alicyclic amines) is 2. The number of fused-ring (bicyclic) bond motifs is 1. The summed E-state index contributed by atoms with van der Waals surface area (Å²) in [6.07, 6.45) is 1.11. The number of hydrogen-bond donors (Lipinski definition) is 1. The first-order valence-electron chi connectivity index (χ1n) is 11.0. The van der Waals surface area contributed by atoms with Crippen LogP contribution in [0.15, 0.2) is 36.4 Å². The Kier molecular flexibility index (Phi) is 6.35. The van der Waals surface area contributed by atoms with E-state index in [9.17, 15) is 4.79 Å². The van der Waals surface area contributed by atoms with Crippen molar-refractivity contribution in [1.29, 1.82) is 0 Å². The third-order valence-electron chi connectivity index (χ3n) is 6.62. The van der Waals surface area contributed by atoms with Crippen molar-refractivity contribution < 1.29 is 4.79 Å². The lowest BCUT2D eigenvalue weighted by Crippen LogP contribution is -2.34. The zero-order valence-electron chi connectivity index (χ0n) is 18.2. The second-order valence-corrected chi connectivity index (χ2v) is 9.46. The van der Waals surface area contributed by atoms with Crippen LogP contribution in [-0.2, 0) is 0 Å². The Morgan fingerprint density at radius 2 is 1.70 bits per heavy atom. The smallest absolute Gasteiger partial charge is 0.254 e. The standard InChI is InChI=1S/C25H32ClN3O/c1-17-5-6-18(2)23(11-17)25(30)29-15-20-13-28(14-21(20)16-29)10-4-9-27-22-8-7-19(3)24(26)12-22/h5-8,11-12,20-21,27H,4,9-10,13-16H2,1-3H3. The normalized spacial score (nSPS) is 21.1. The van der Waals surface area contributed by atoms with Crippen LogP contribution in [0.4, 0.5) is 5.69 Å². The molecule has 2 unspecified atom stereocenters. The molecule has 2 atom stereocenters. The Labute approximate surface area is 185 Å². The predicted octanol–water partition coefficient (Wildman–Crippen LogP) is 4.77. The molecule has 0 aliphatic carbocycles. The first-order chi connectivity index (χ1) is 14.4. The lowest BCUT2D eigenvalue weighted by molar-refractivity contribution is 0.0773. The Hall–Kier alpha value is -2.04. The van der Waals surface area contributed by atoms with E-state index in [1.165, 1.54) is 0 Å². The minimum absolute atomic E-state index is 0.207. The number of aryl methyl sites for hydroxylation is 3. The number of anilines is 1. The lowest BCUT2D eigenvalue weighted by Gasteiger charge is -2.22. The highest BCUT2D eigenvalue weighted by Gasteiger charge is 2.41. The summed E-state index contributed by atoms with van der Waals surface area (Å²) in [5.41, 5.74) is 5.29. The molecule has 4 nitrogen and oxygen atoms in total. The summed E-state index contributed by atoms with van der Waals surface area (Å²) in [7, 11) is 0. The van der Waals surface area contributed by atoms with E-state index in [4.69, 9.17) is 11.6 Å². The maximum Gasteiger partial charge on any atom is 0.254 e. The van der Waals surface area contributed by atoms with Crippen molar-refractivity contribution in [2.45, 2.75) is 27.2 Å². The van der Waals surface area contributed by atoms with Crippen LogP contribution in [0, 0.1) is 32.6 Å². The van der Waals surface area contributed by atoms with Gasteiger partial charge in [-0.15, -0.1) is 0 Å². The van der Waals surface area contributed by atoms with E-state index in [2.05, 4.69) is 46.3 Å². The summed E-state index contributed by atoms with van der Waals surface area (Å²) in [6.45, 7) is 12.2. The highest BCUT2D eigenvalue weighted by Crippen LogP contribution is 2.32. The van der Waals surface area contributed by atoms with Gasteiger partial charge in [-0.3, -0.25) is 4.79 Å². The number of hydrogen-bond acceptors (Lipinski definition) is 3. The van der Waals surface area contributed by atoms with Crippen molar-refractivity contribution in [3.8, 4) is 0 Å². The van der Waals surface area contributed by atoms with Crippen molar-refractivity contribution in [3.63, 3.8) is 0 Å². The summed E-state index contributed by atoms with van der Waals surface area (Å²) >= 11 is 6.20. The molecule has 4 rings (SSSR count). The van der Waals surface area contributed by atoms with Crippen LogP contribution >= 0.6 is 11.6 Å². The highest BCUT2D eigenvalue weighted by atomic mass is 35.5. The van der Waals surface area contributed by atoms with Crippen LogP contribution in [0.2, 0.25) is 5.02 Å². The molecule has 30 heavy (non-hydrogen) atoms. The molecule has 2 fully saturated rings. The molecule has 2 aromatic carbocycles. The Morgan fingerprint density at radius 3 is 2.40 bits per heavy atom. The Bertz CT molecular complexity index is 915. The van der Waals surface area contributed by atoms with E-state index in [0.717, 1.165) is 78.7 Å². The van der Waals surface area contributed by atoms with Crippen molar-refractivity contribution in [1.82, 2.24) is 9.80 Å². The maximum absolute atomic E-state index is 13.0. The van der Waals surface area contributed by atoms with Crippen LogP contribution in [0.3, 0.4) is 0 Å². The monoisotopic (exact) mass is 425 g/mol. The fraction of sp³-hybridized carbons (Fsp3) is 0.480. The van der Waals surface area contributed by atoms with E-state index in [0.29, 0.717) is 11.8 Å². The molecule has 2 heterocycles. The number of carbonyl (C=O) groups is 1. The number of carbonyl (C=O) groups excluding carboxylic acids is 1. The van der Waals surface area contributed by atoms with Gasteiger partial charge >= 0.3 is 0 Å². The van der Waals surface area contributed by atoms with E-state index >= 15 is 0 Å². The van der Waals surface area contributed by atoms with Gasteiger partial charge in [-0.25, -0.2) is 0 Å². The minimum Gasteiger partial charge on any atom is -0.385 e.